The van der Waals surface area contributed by atoms with Gasteiger partial charge in [0.05, 0.1) is 12.6 Å². The van der Waals surface area contributed by atoms with E-state index < -0.39 is 41.8 Å². The fraction of sp³-hybridized carbons (Fsp3) is 0.714. The third-order valence-corrected chi connectivity index (χ3v) is 4.09. The number of nitrogens with two attached hydrogens (primary N) is 2. The van der Waals surface area contributed by atoms with E-state index in [-0.39, 0.29) is 18.1 Å². The van der Waals surface area contributed by atoms with Crippen LogP contribution in [-0.2, 0) is 19.2 Å². The third kappa shape index (κ3) is 9.85. The van der Waals surface area contributed by atoms with Gasteiger partial charge in [-0.15, -0.1) is 0 Å². The van der Waals surface area contributed by atoms with Crippen molar-refractivity contribution >= 4 is 48.9 Å². The van der Waals surface area contributed by atoms with E-state index in [1.54, 1.807) is 0 Å². The average Bonchev–Trinajstić information content (AvgIpc) is 2.61. The SMILES string of the molecule is NCCCCC(N)C(=O)NCC(=O)NC(CS)C(=O)NC(CS)C(=O)O. The highest BCUT2D eigenvalue weighted by molar-refractivity contribution is 7.80. The van der Waals surface area contributed by atoms with Gasteiger partial charge in [-0.05, 0) is 19.4 Å². The summed E-state index contributed by atoms with van der Waals surface area (Å²) in [4.78, 5) is 46.5. The molecule has 0 aromatic rings. The molecule has 0 saturated heterocycles. The number of unbranched alkanes of at least 4 members (excludes halogenated alkanes) is 1. The second-order valence-corrected chi connectivity index (χ2v) is 6.22. The zero-order valence-electron chi connectivity index (χ0n) is 14.3. The van der Waals surface area contributed by atoms with E-state index in [4.69, 9.17) is 16.6 Å². The van der Waals surface area contributed by atoms with Gasteiger partial charge in [-0.25, -0.2) is 4.79 Å². The first-order chi connectivity index (χ1) is 12.3. The highest BCUT2D eigenvalue weighted by Gasteiger charge is 2.25. The summed E-state index contributed by atoms with van der Waals surface area (Å²) in [5.74, 6) is -3.22. The summed E-state index contributed by atoms with van der Waals surface area (Å²) >= 11 is 7.80. The molecular formula is C14H27N5O5S2. The third-order valence-electron chi connectivity index (χ3n) is 3.36. The van der Waals surface area contributed by atoms with Crippen molar-refractivity contribution in [1.82, 2.24) is 16.0 Å². The molecule has 8 N–H and O–H groups in total. The lowest BCUT2D eigenvalue weighted by atomic mass is 10.1. The van der Waals surface area contributed by atoms with Crippen LogP contribution in [0, 0.1) is 0 Å². The zero-order valence-corrected chi connectivity index (χ0v) is 16.1. The number of aliphatic carboxylic acids is 1. The summed E-state index contributed by atoms with van der Waals surface area (Å²) in [5.41, 5.74) is 11.1. The van der Waals surface area contributed by atoms with Gasteiger partial charge in [-0.1, -0.05) is 6.42 Å². The predicted molar refractivity (Wildman–Crippen MR) is 103 cm³/mol. The first-order valence-corrected chi connectivity index (χ1v) is 9.30. The molecule has 0 rings (SSSR count). The molecule has 0 radical (unpaired) electrons. The highest BCUT2D eigenvalue weighted by Crippen LogP contribution is 1.98. The Bertz CT molecular complexity index is 494. The molecule has 0 bridgehead atoms. The van der Waals surface area contributed by atoms with Gasteiger partial charge in [-0.2, -0.15) is 25.3 Å². The number of carboxylic acid groups (broad SMARTS) is 1. The number of hydrogen-bond donors (Lipinski definition) is 8. The number of thiol groups is 2. The molecule has 0 aromatic carbocycles. The lowest BCUT2D eigenvalue weighted by Gasteiger charge is -2.19. The summed E-state index contributed by atoms with van der Waals surface area (Å²) in [6.45, 7) is 0.149. The van der Waals surface area contributed by atoms with Crippen LogP contribution in [0.5, 0.6) is 0 Å². The van der Waals surface area contributed by atoms with Gasteiger partial charge in [0, 0.05) is 11.5 Å². The fourth-order valence-corrected chi connectivity index (χ4v) is 2.34. The minimum atomic E-state index is -1.24. The highest BCUT2D eigenvalue weighted by atomic mass is 32.1. The number of carbonyl (C=O) groups is 4. The van der Waals surface area contributed by atoms with Crippen LogP contribution in [0.15, 0.2) is 0 Å². The smallest absolute Gasteiger partial charge is 0.327 e. The molecule has 3 unspecified atom stereocenters. The van der Waals surface area contributed by atoms with Crippen molar-refractivity contribution in [2.45, 2.75) is 37.4 Å². The molecule has 0 saturated carbocycles. The molecule has 0 heterocycles. The molecule has 150 valence electrons. The molecule has 0 aliphatic carbocycles. The van der Waals surface area contributed by atoms with Gasteiger partial charge in [0.2, 0.25) is 17.7 Å². The molecule has 12 heteroatoms. The molecule has 0 aliphatic heterocycles. The summed E-state index contributed by atoms with van der Waals surface area (Å²) in [6.07, 6.45) is 1.91. The minimum absolute atomic E-state index is 0.0525. The standard InChI is InChI=1S/C14H27N5O5S2/c15-4-2-1-3-8(16)12(21)17-5-11(20)18-9(6-25)13(22)19-10(7-26)14(23)24/h8-10,25-26H,1-7,15-16H2,(H,17,21)(H,18,20)(H,19,22)(H,23,24). The maximum Gasteiger partial charge on any atom is 0.327 e. The van der Waals surface area contributed by atoms with Crippen LogP contribution in [0.1, 0.15) is 19.3 Å². The largest absolute Gasteiger partial charge is 0.480 e. The Hall–Kier alpha value is -1.50. The Labute approximate surface area is 163 Å². The Balaban J connectivity index is 4.38. The van der Waals surface area contributed by atoms with E-state index in [1.165, 1.54) is 0 Å². The lowest BCUT2D eigenvalue weighted by molar-refractivity contribution is -0.141. The summed E-state index contributed by atoms with van der Waals surface area (Å²) < 4.78 is 0. The normalized spacial score (nSPS) is 14.0. The Morgan fingerprint density at radius 1 is 0.962 bits per heavy atom. The Morgan fingerprint density at radius 2 is 1.58 bits per heavy atom. The van der Waals surface area contributed by atoms with Crippen LogP contribution in [0.4, 0.5) is 0 Å². The monoisotopic (exact) mass is 409 g/mol. The number of nitrogens with one attached hydrogen (secondary N) is 3. The molecule has 0 spiro atoms. The van der Waals surface area contributed by atoms with Crippen molar-refractivity contribution in [2.24, 2.45) is 11.5 Å². The van der Waals surface area contributed by atoms with Crippen molar-refractivity contribution in [3.63, 3.8) is 0 Å². The summed E-state index contributed by atoms with van der Waals surface area (Å²) in [7, 11) is 0. The maximum atomic E-state index is 12.0. The maximum absolute atomic E-state index is 12.0. The van der Waals surface area contributed by atoms with Gasteiger partial charge in [0.25, 0.3) is 0 Å². The van der Waals surface area contributed by atoms with Crippen LogP contribution in [0.2, 0.25) is 0 Å². The Morgan fingerprint density at radius 3 is 2.08 bits per heavy atom. The number of carboxylic acids is 1. The second kappa shape index (κ2) is 13.7. The summed E-state index contributed by atoms with van der Waals surface area (Å²) in [5, 5.41) is 15.9. The van der Waals surface area contributed by atoms with Gasteiger partial charge in [0.15, 0.2) is 0 Å². The average molecular weight is 410 g/mol. The number of hydrogen-bond acceptors (Lipinski definition) is 8. The molecule has 0 aliphatic rings. The topological polar surface area (TPSA) is 177 Å². The van der Waals surface area contributed by atoms with Crippen LogP contribution in [-0.4, -0.2) is 71.5 Å². The van der Waals surface area contributed by atoms with Crippen LogP contribution < -0.4 is 27.4 Å². The van der Waals surface area contributed by atoms with Gasteiger partial charge in [-0.3, -0.25) is 14.4 Å². The molecular weight excluding hydrogens is 382 g/mol. The van der Waals surface area contributed by atoms with E-state index in [0.717, 1.165) is 6.42 Å². The van der Waals surface area contributed by atoms with E-state index in [1.807, 2.05) is 0 Å². The minimum Gasteiger partial charge on any atom is -0.480 e. The van der Waals surface area contributed by atoms with Crippen molar-refractivity contribution in [1.29, 1.82) is 0 Å². The van der Waals surface area contributed by atoms with Gasteiger partial charge in [0.1, 0.15) is 12.1 Å². The van der Waals surface area contributed by atoms with Gasteiger partial charge >= 0.3 is 5.97 Å². The van der Waals surface area contributed by atoms with Gasteiger partial charge < -0.3 is 32.5 Å². The molecule has 3 amide bonds. The molecule has 0 fully saturated rings. The zero-order chi connectivity index (χ0) is 20.1. The molecule has 0 aromatic heterocycles. The first-order valence-electron chi connectivity index (χ1n) is 8.04. The Kier molecular flexibility index (Phi) is 12.9. The number of amides is 3. The fourth-order valence-electron chi connectivity index (χ4n) is 1.84. The van der Waals surface area contributed by atoms with Crippen molar-refractivity contribution in [2.75, 3.05) is 24.6 Å². The molecule has 10 nitrogen and oxygen atoms in total. The first kappa shape index (κ1) is 24.5. The summed E-state index contributed by atoms with van der Waals surface area (Å²) in [6, 6.07) is -2.98. The quantitative estimate of drug-likeness (QED) is 0.122. The molecule has 3 atom stereocenters. The van der Waals surface area contributed by atoms with Crippen LogP contribution >= 0.6 is 25.3 Å². The predicted octanol–water partition coefficient (Wildman–Crippen LogP) is -2.53. The van der Waals surface area contributed by atoms with E-state index in [0.29, 0.717) is 19.4 Å². The van der Waals surface area contributed by atoms with Crippen LogP contribution in [0.3, 0.4) is 0 Å². The van der Waals surface area contributed by atoms with Crippen molar-refractivity contribution < 1.29 is 24.3 Å². The number of rotatable bonds is 13. The van der Waals surface area contributed by atoms with E-state index in [2.05, 4.69) is 41.2 Å². The van der Waals surface area contributed by atoms with E-state index >= 15 is 0 Å². The van der Waals surface area contributed by atoms with Crippen molar-refractivity contribution in [3.05, 3.63) is 0 Å². The second-order valence-electron chi connectivity index (χ2n) is 5.49. The molecule has 26 heavy (non-hydrogen) atoms. The number of carbonyl (C=O) groups excluding carboxylic acids is 3. The van der Waals surface area contributed by atoms with E-state index in [9.17, 15) is 19.2 Å². The van der Waals surface area contributed by atoms with Crippen molar-refractivity contribution in [3.8, 4) is 0 Å². The lowest BCUT2D eigenvalue weighted by Crippen LogP contribution is -2.54. The van der Waals surface area contributed by atoms with Crippen LogP contribution in [0.25, 0.3) is 0 Å².